The number of primary amides is 1. The molecule has 7 nitrogen and oxygen atoms in total. The number of hydrogen-bond donors (Lipinski definition) is 4. The maximum Gasteiger partial charge on any atom is 0.252 e. The zero-order valence-electron chi connectivity index (χ0n) is 15.9. The number of nitrogens with two attached hydrogens (primary N) is 2. The summed E-state index contributed by atoms with van der Waals surface area (Å²) >= 11 is 0. The van der Waals surface area contributed by atoms with E-state index in [2.05, 4.69) is 20.6 Å². The second-order valence-electron chi connectivity index (χ2n) is 7.28. The summed E-state index contributed by atoms with van der Waals surface area (Å²) in [6.07, 6.45) is 5.52. The molecule has 150 valence electrons. The fourth-order valence-electron chi connectivity index (χ4n) is 3.73. The van der Waals surface area contributed by atoms with Crippen molar-refractivity contribution in [3.8, 4) is 0 Å². The van der Waals surface area contributed by atoms with Crippen molar-refractivity contribution in [1.29, 1.82) is 0 Å². The van der Waals surface area contributed by atoms with E-state index >= 15 is 0 Å². The molecule has 0 spiro atoms. The van der Waals surface area contributed by atoms with Crippen LogP contribution in [0.5, 0.6) is 0 Å². The number of benzene rings is 1. The minimum Gasteiger partial charge on any atom is -0.365 e. The van der Waals surface area contributed by atoms with Gasteiger partial charge in [0, 0.05) is 29.4 Å². The monoisotopic (exact) mass is 394 g/mol. The van der Waals surface area contributed by atoms with Crippen molar-refractivity contribution in [3.05, 3.63) is 54.0 Å². The molecule has 2 heterocycles. The van der Waals surface area contributed by atoms with E-state index in [-0.39, 0.29) is 29.3 Å². The number of aromatic nitrogens is 2. The van der Waals surface area contributed by atoms with Crippen molar-refractivity contribution in [1.82, 2.24) is 9.97 Å². The molecule has 1 unspecified atom stereocenters. The summed E-state index contributed by atoms with van der Waals surface area (Å²) in [6.45, 7) is 0. The number of hydrogen-bond acceptors (Lipinski definition) is 6. The van der Waals surface area contributed by atoms with Crippen LogP contribution in [0.1, 0.15) is 36.0 Å². The molecule has 1 fully saturated rings. The maximum absolute atomic E-state index is 14.7. The van der Waals surface area contributed by atoms with Gasteiger partial charge in [-0.2, -0.15) is 0 Å². The van der Waals surface area contributed by atoms with E-state index in [0.717, 1.165) is 42.7 Å². The molecule has 0 radical (unpaired) electrons. The molecule has 3 aromatic rings. The van der Waals surface area contributed by atoms with Crippen molar-refractivity contribution in [2.45, 2.75) is 37.8 Å². The van der Waals surface area contributed by atoms with Crippen LogP contribution < -0.4 is 22.1 Å². The molecule has 6 N–H and O–H groups in total. The number of nitrogens with one attached hydrogen (secondary N) is 2. The van der Waals surface area contributed by atoms with Gasteiger partial charge in [0.05, 0.1) is 11.1 Å². The van der Waals surface area contributed by atoms with Gasteiger partial charge in [0.2, 0.25) is 0 Å². The lowest BCUT2D eigenvalue weighted by atomic mass is 9.91. The molecule has 8 heteroatoms. The standard InChI is InChI=1S/C21H23FN6O/c22-14-11-13(19(24)29)20(28-21(14)27-18-7-2-1-6-15(18)23)26-17-9-3-8-16-12(17)5-4-10-25-16/h3-5,8-11,15,18H,1-2,6-7,23H2,(H2,24,29)(H2,26,27,28)/t15-,18?/m0/s1. The molecule has 1 aliphatic carbocycles. The second kappa shape index (κ2) is 8.00. The van der Waals surface area contributed by atoms with Gasteiger partial charge in [-0.1, -0.05) is 18.9 Å². The molecular weight excluding hydrogens is 371 g/mol. The molecule has 0 aliphatic heterocycles. The summed E-state index contributed by atoms with van der Waals surface area (Å²) in [5, 5.41) is 7.08. The lowest BCUT2D eigenvalue weighted by molar-refractivity contribution is 0.100. The summed E-state index contributed by atoms with van der Waals surface area (Å²) < 4.78 is 14.7. The van der Waals surface area contributed by atoms with E-state index in [4.69, 9.17) is 11.5 Å². The van der Waals surface area contributed by atoms with Gasteiger partial charge in [0.1, 0.15) is 5.82 Å². The van der Waals surface area contributed by atoms with Crippen LogP contribution in [0.25, 0.3) is 10.9 Å². The quantitative estimate of drug-likeness (QED) is 0.527. The van der Waals surface area contributed by atoms with Crippen molar-refractivity contribution < 1.29 is 9.18 Å². The van der Waals surface area contributed by atoms with E-state index in [0.29, 0.717) is 5.69 Å². The number of carbonyl (C=O) groups is 1. The van der Waals surface area contributed by atoms with Gasteiger partial charge in [-0.15, -0.1) is 0 Å². The van der Waals surface area contributed by atoms with Gasteiger partial charge in [0.25, 0.3) is 5.91 Å². The van der Waals surface area contributed by atoms with Gasteiger partial charge >= 0.3 is 0 Å². The average molecular weight is 394 g/mol. The Balaban J connectivity index is 1.72. The lowest BCUT2D eigenvalue weighted by Gasteiger charge is -2.30. The number of rotatable bonds is 5. The molecule has 4 rings (SSSR count). The van der Waals surface area contributed by atoms with Crippen LogP contribution in [-0.2, 0) is 0 Å². The number of nitrogens with zero attached hydrogens (tertiary/aromatic N) is 2. The molecule has 0 saturated heterocycles. The highest BCUT2D eigenvalue weighted by Crippen LogP contribution is 2.29. The van der Waals surface area contributed by atoms with E-state index in [9.17, 15) is 9.18 Å². The summed E-state index contributed by atoms with van der Waals surface area (Å²) in [5.74, 6) is -1.17. The molecule has 2 atom stereocenters. The Labute approximate surface area is 167 Å². The summed E-state index contributed by atoms with van der Waals surface area (Å²) in [6, 6.07) is 10.2. The third-order valence-electron chi connectivity index (χ3n) is 5.28. The molecule has 1 aromatic carbocycles. The Kier molecular flexibility index (Phi) is 5.26. The molecule has 2 aromatic heterocycles. The molecule has 1 amide bonds. The predicted molar refractivity (Wildman–Crippen MR) is 112 cm³/mol. The van der Waals surface area contributed by atoms with E-state index < -0.39 is 11.7 Å². The second-order valence-corrected chi connectivity index (χ2v) is 7.28. The van der Waals surface area contributed by atoms with Crippen molar-refractivity contribution in [2.75, 3.05) is 10.6 Å². The Morgan fingerprint density at radius 3 is 2.76 bits per heavy atom. The van der Waals surface area contributed by atoms with E-state index in [1.807, 2.05) is 30.3 Å². The summed E-state index contributed by atoms with van der Waals surface area (Å²) in [4.78, 5) is 20.6. The van der Waals surface area contributed by atoms with Crippen LogP contribution >= 0.6 is 0 Å². The minimum absolute atomic E-state index is 0.0260. The minimum atomic E-state index is -0.766. The van der Waals surface area contributed by atoms with Gasteiger partial charge < -0.3 is 22.1 Å². The summed E-state index contributed by atoms with van der Waals surface area (Å²) in [5.41, 5.74) is 13.1. The first kappa shape index (κ1) is 19.1. The van der Waals surface area contributed by atoms with Gasteiger partial charge in [0.15, 0.2) is 11.6 Å². The zero-order valence-corrected chi connectivity index (χ0v) is 15.9. The molecule has 1 saturated carbocycles. The first-order valence-electron chi connectivity index (χ1n) is 9.66. The predicted octanol–water partition coefficient (Wildman–Crippen LogP) is 3.29. The Morgan fingerprint density at radius 2 is 1.97 bits per heavy atom. The van der Waals surface area contributed by atoms with E-state index in [1.165, 1.54) is 0 Å². The average Bonchev–Trinajstić information content (AvgIpc) is 2.72. The number of halogens is 1. The van der Waals surface area contributed by atoms with Crippen molar-refractivity contribution in [2.24, 2.45) is 11.5 Å². The van der Waals surface area contributed by atoms with Gasteiger partial charge in [-0.3, -0.25) is 9.78 Å². The first-order chi connectivity index (χ1) is 14.0. The number of anilines is 3. The smallest absolute Gasteiger partial charge is 0.252 e. The van der Waals surface area contributed by atoms with Crippen LogP contribution in [0.2, 0.25) is 0 Å². The highest BCUT2D eigenvalue weighted by Gasteiger charge is 2.24. The molecule has 0 bridgehead atoms. The van der Waals surface area contributed by atoms with Gasteiger partial charge in [-0.25, -0.2) is 9.37 Å². The van der Waals surface area contributed by atoms with E-state index in [1.54, 1.807) is 6.20 Å². The number of fused-ring (bicyclic) bond motifs is 1. The first-order valence-corrected chi connectivity index (χ1v) is 9.66. The number of amides is 1. The Morgan fingerprint density at radius 1 is 1.14 bits per heavy atom. The van der Waals surface area contributed by atoms with Crippen LogP contribution in [0.3, 0.4) is 0 Å². The fraction of sp³-hybridized carbons (Fsp3) is 0.286. The third kappa shape index (κ3) is 3.97. The zero-order chi connectivity index (χ0) is 20.4. The van der Waals surface area contributed by atoms with Crippen molar-refractivity contribution >= 4 is 34.1 Å². The Hall–Kier alpha value is -3.26. The lowest BCUT2D eigenvalue weighted by Crippen LogP contribution is -2.43. The molecule has 29 heavy (non-hydrogen) atoms. The SMILES string of the molecule is NC(=O)c1cc(F)c(NC2CCCC[C@@H]2N)nc1Nc1cccc2ncccc12. The third-order valence-corrected chi connectivity index (χ3v) is 5.28. The van der Waals surface area contributed by atoms with Crippen molar-refractivity contribution in [3.63, 3.8) is 0 Å². The molecular formula is C21H23FN6O. The highest BCUT2D eigenvalue weighted by molar-refractivity contribution is 6.00. The number of carbonyl (C=O) groups excluding carboxylic acids is 1. The highest BCUT2D eigenvalue weighted by atomic mass is 19.1. The fourth-order valence-corrected chi connectivity index (χ4v) is 3.73. The Bertz CT molecular complexity index is 1050. The normalized spacial score (nSPS) is 19.1. The van der Waals surface area contributed by atoms with Crippen LogP contribution in [0.4, 0.5) is 21.7 Å². The van der Waals surface area contributed by atoms with Crippen LogP contribution in [0, 0.1) is 5.82 Å². The van der Waals surface area contributed by atoms with Crippen LogP contribution in [-0.4, -0.2) is 28.0 Å². The maximum atomic E-state index is 14.7. The number of pyridine rings is 2. The topological polar surface area (TPSA) is 119 Å². The summed E-state index contributed by atoms with van der Waals surface area (Å²) in [7, 11) is 0. The van der Waals surface area contributed by atoms with Crippen LogP contribution in [0.15, 0.2) is 42.6 Å². The largest absolute Gasteiger partial charge is 0.365 e. The molecule has 1 aliphatic rings. The van der Waals surface area contributed by atoms with Gasteiger partial charge in [-0.05, 0) is 43.2 Å².